The Morgan fingerprint density at radius 2 is 1.82 bits per heavy atom. The van der Waals surface area contributed by atoms with Gasteiger partial charge in [-0.3, -0.25) is 0 Å². The van der Waals surface area contributed by atoms with Gasteiger partial charge < -0.3 is 26.4 Å². The van der Waals surface area contributed by atoms with E-state index in [0.29, 0.717) is 31.1 Å². The van der Waals surface area contributed by atoms with E-state index in [9.17, 15) is 14.3 Å². The van der Waals surface area contributed by atoms with Crippen LogP contribution >= 0.6 is 0 Å². The Hall–Kier alpha value is -3.42. The Kier molecular flexibility index (Phi) is 10.1. The smallest absolute Gasteiger partial charge is 0.315 e. The molecule has 5 N–H and O–H groups in total. The Morgan fingerprint density at radius 1 is 1.08 bits per heavy atom. The minimum absolute atomic E-state index is 0.204. The molecule has 1 aliphatic heterocycles. The van der Waals surface area contributed by atoms with Crippen molar-refractivity contribution < 1.29 is 14.3 Å². The summed E-state index contributed by atoms with van der Waals surface area (Å²) < 4.78 is 13.2. The summed E-state index contributed by atoms with van der Waals surface area (Å²) in [6.45, 7) is 2.63. The number of rotatable bonds is 10. The second-order valence-corrected chi connectivity index (χ2v) is 10.3. The average Bonchev–Trinajstić information content (AvgIpc) is 3.14. The number of amides is 2. The first kappa shape index (κ1) is 27.6. The first-order chi connectivity index (χ1) is 18.4. The first-order valence-electron chi connectivity index (χ1n) is 13.5. The third-order valence-electron chi connectivity index (χ3n) is 7.30. The molecule has 0 radical (unpaired) electrons. The van der Waals surface area contributed by atoms with Crippen LogP contribution in [0, 0.1) is 11.7 Å². The van der Waals surface area contributed by atoms with E-state index in [-0.39, 0.29) is 11.8 Å². The Labute approximate surface area is 225 Å². The van der Waals surface area contributed by atoms with Crippen LogP contribution in [0.3, 0.4) is 0 Å². The van der Waals surface area contributed by atoms with Gasteiger partial charge in [0.15, 0.2) is 0 Å². The first-order valence-corrected chi connectivity index (χ1v) is 13.5. The van der Waals surface area contributed by atoms with Gasteiger partial charge in [-0.05, 0) is 86.0 Å². The van der Waals surface area contributed by atoms with Crippen molar-refractivity contribution in [3.05, 3.63) is 107 Å². The predicted molar refractivity (Wildman–Crippen MR) is 150 cm³/mol. The van der Waals surface area contributed by atoms with Crippen LogP contribution in [-0.2, 0) is 12.8 Å². The van der Waals surface area contributed by atoms with Crippen LogP contribution in [0.15, 0.2) is 90.2 Å². The van der Waals surface area contributed by atoms with E-state index < -0.39 is 12.1 Å². The molecule has 2 unspecified atom stereocenters. The number of carbonyl (C=O) groups is 1. The van der Waals surface area contributed by atoms with Crippen LogP contribution in [0.4, 0.5) is 9.18 Å². The second-order valence-electron chi connectivity index (χ2n) is 10.3. The van der Waals surface area contributed by atoms with Crippen molar-refractivity contribution in [2.45, 2.75) is 44.2 Å². The fourth-order valence-corrected chi connectivity index (χ4v) is 5.13. The number of urea groups is 1. The van der Waals surface area contributed by atoms with Crippen molar-refractivity contribution >= 4 is 6.03 Å². The molecule has 1 aliphatic carbocycles. The third kappa shape index (κ3) is 8.85. The second kappa shape index (κ2) is 13.9. The van der Waals surface area contributed by atoms with Crippen molar-refractivity contribution in [3.8, 4) is 0 Å². The Morgan fingerprint density at radius 3 is 2.55 bits per heavy atom. The number of nitrogens with two attached hydrogens (primary N) is 1. The van der Waals surface area contributed by atoms with Gasteiger partial charge in [0.1, 0.15) is 5.82 Å². The molecule has 202 valence electrons. The maximum atomic E-state index is 13.2. The highest BCUT2D eigenvalue weighted by Crippen LogP contribution is 2.22. The van der Waals surface area contributed by atoms with E-state index in [1.165, 1.54) is 12.1 Å². The van der Waals surface area contributed by atoms with Crippen molar-refractivity contribution in [1.29, 1.82) is 0 Å². The molecule has 0 bridgehead atoms. The van der Waals surface area contributed by atoms with Crippen molar-refractivity contribution in [2.24, 2.45) is 11.7 Å². The van der Waals surface area contributed by atoms with Gasteiger partial charge in [0.05, 0.1) is 12.1 Å². The summed E-state index contributed by atoms with van der Waals surface area (Å²) >= 11 is 0. The molecule has 0 spiro atoms. The summed E-state index contributed by atoms with van der Waals surface area (Å²) in [6.07, 6.45) is 11.4. The SMILES string of the molecule is NC1=CCC=CC(CNC(=O)NC(Cc2ccccc2)C(O)CN2CCC(Cc3ccc(F)cc3)CC2)=C1. The lowest BCUT2D eigenvalue weighted by Gasteiger charge is -2.35. The van der Waals surface area contributed by atoms with Crippen LogP contribution < -0.4 is 16.4 Å². The summed E-state index contributed by atoms with van der Waals surface area (Å²) in [5, 5.41) is 17.1. The number of allylic oxidation sites excluding steroid dienone is 3. The van der Waals surface area contributed by atoms with Gasteiger partial charge in [0, 0.05) is 18.8 Å². The molecule has 7 heteroatoms. The number of piperidine rings is 1. The molecular weight excluding hydrogens is 479 g/mol. The predicted octanol–water partition coefficient (Wildman–Crippen LogP) is 4.08. The zero-order valence-electron chi connectivity index (χ0n) is 21.9. The number of hydrogen-bond donors (Lipinski definition) is 4. The van der Waals surface area contributed by atoms with Crippen molar-refractivity contribution in [1.82, 2.24) is 15.5 Å². The van der Waals surface area contributed by atoms with E-state index in [1.807, 2.05) is 66.8 Å². The standard InChI is InChI=1S/C31H39FN4O2/c32-27-12-10-24(11-13-27)18-25-14-16-36(17-15-25)22-30(37)29(20-23-6-2-1-3-7-23)35-31(38)34-21-26-8-4-5-9-28(33)19-26/h1-4,6-13,19,25,29-30,37H,5,14-18,20-22,33H2,(H2,34,35,38). The quantitative estimate of drug-likeness (QED) is 0.382. The summed E-state index contributed by atoms with van der Waals surface area (Å²) in [5.41, 5.74) is 9.78. The van der Waals surface area contributed by atoms with Gasteiger partial charge in [-0.2, -0.15) is 0 Å². The number of likely N-dealkylation sites (tertiary alicyclic amines) is 1. The van der Waals surface area contributed by atoms with Gasteiger partial charge in [0.25, 0.3) is 0 Å². The van der Waals surface area contributed by atoms with E-state index in [0.717, 1.165) is 55.5 Å². The Bertz CT molecular complexity index is 1120. The molecule has 2 amide bonds. The molecule has 38 heavy (non-hydrogen) atoms. The monoisotopic (exact) mass is 518 g/mol. The minimum atomic E-state index is -0.717. The zero-order valence-corrected chi connectivity index (χ0v) is 21.9. The van der Waals surface area contributed by atoms with Crippen LogP contribution in [0.5, 0.6) is 0 Å². The molecule has 0 aromatic heterocycles. The number of nitrogens with one attached hydrogen (secondary N) is 2. The fraction of sp³-hybridized carbons (Fsp3) is 0.387. The number of β-amino-alcohol motifs (C(OH)–C–C–N with tert-alkyl or cyclic N) is 1. The van der Waals surface area contributed by atoms with E-state index >= 15 is 0 Å². The number of aliphatic hydroxyl groups is 1. The number of nitrogens with zero attached hydrogens (tertiary/aromatic N) is 1. The number of halogens is 1. The lowest BCUT2D eigenvalue weighted by molar-refractivity contribution is 0.0653. The molecule has 1 heterocycles. The fourth-order valence-electron chi connectivity index (χ4n) is 5.13. The molecule has 6 nitrogen and oxygen atoms in total. The van der Waals surface area contributed by atoms with Gasteiger partial charge in [-0.15, -0.1) is 0 Å². The van der Waals surface area contributed by atoms with Crippen LogP contribution in [0.25, 0.3) is 0 Å². The minimum Gasteiger partial charge on any atom is -0.399 e. The van der Waals surface area contributed by atoms with Gasteiger partial charge in [-0.25, -0.2) is 9.18 Å². The van der Waals surface area contributed by atoms with Crippen molar-refractivity contribution in [2.75, 3.05) is 26.2 Å². The largest absolute Gasteiger partial charge is 0.399 e. The van der Waals surface area contributed by atoms with Gasteiger partial charge in [-0.1, -0.05) is 60.7 Å². The maximum Gasteiger partial charge on any atom is 0.315 e. The van der Waals surface area contributed by atoms with Crippen LogP contribution in [0.2, 0.25) is 0 Å². The highest BCUT2D eigenvalue weighted by Gasteiger charge is 2.27. The molecule has 1 fully saturated rings. The normalized spacial score (nSPS) is 18.2. The molecule has 2 aromatic carbocycles. The topological polar surface area (TPSA) is 90.6 Å². The van der Waals surface area contributed by atoms with E-state index in [2.05, 4.69) is 15.5 Å². The number of aliphatic hydroxyl groups excluding tert-OH is 1. The summed E-state index contributed by atoms with van der Waals surface area (Å²) in [5.74, 6) is 0.346. The lowest BCUT2D eigenvalue weighted by Crippen LogP contribution is -2.53. The highest BCUT2D eigenvalue weighted by molar-refractivity contribution is 5.74. The number of hydrogen-bond acceptors (Lipinski definition) is 4. The summed E-state index contributed by atoms with van der Waals surface area (Å²) in [4.78, 5) is 15.1. The summed E-state index contributed by atoms with van der Waals surface area (Å²) in [6, 6.07) is 15.9. The molecule has 2 aromatic rings. The highest BCUT2D eigenvalue weighted by atomic mass is 19.1. The van der Waals surface area contributed by atoms with Gasteiger partial charge >= 0.3 is 6.03 Å². The Balaban J connectivity index is 1.30. The van der Waals surface area contributed by atoms with Gasteiger partial charge in [0.2, 0.25) is 0 Å². The molecule has 0 saturated carbocycles. The summed E-state index contributed by atoms with van der Waals surface area (Å²) in [7, 11) is 0. The molecule has 1 saturated heterocycles. The zero-order chi connectivity index (χ0) is 26.7. The van der Waals surface area contributed by atoms with E-state index in [4.69, 9.17) is 5.73 Å². The molecule has 2 atom stereocenters. The number of carbonyl (C=O) groups excluding carboxylic acids is 1. The maximum absolute atomic E-state index is 13.2. The average molecular weight is 519 g/mol. The van der Waals surface area contributed by atoms with Crippen LogP contribution in [-0.4, -0.2) is 54.4 Å². The van der Waals surface area contributed by atoms with Crippen molar-refractivity contribution in [3.63, 3.8) is 0 Å². The third-order valence-corrected chi connectivity index (χ3v) is 7.30. The molecule has 4 rings (SSSR count). The lowest BCUT2D eigenvalue weighted by atomic mass is 9.90. The molecular formula is C31H39FN4O2. The van der Waals surface area contributed by atoms with E-state index in [1.54, 1.807) is 0 Å². The molecule has 2 aliphatic rings. The number of benzene rings is 2. The van der Waals surface area contributed by atoms with Crippen LogP contribution in [0.1, 0.15) is 30.4 Å².